The third-order valence-electron chi connectivity index (χ3n) is 6.89. The summed E-state index contributed by atoms with van der Waals surface area (Å²) in [6, 6.07) is 19.3. The number of rotatable bonds is 13. The van der Waals surface area contributed by atoms with Gasteiger partial charge in [0.05, 0.1) is 13.2 Å². The normalized spacial score (nSPS) is 16.9. The number of hydroxylamine groups is 2. The van der Waals surface area contributed by atoms with Gasteiger partial charge in [0.1, 0.15) is 23.5 Å². The Kier molecular flexibility index (Phi) is 10.5. The van der Waals surface area contributed by atoms with E-state index in [1.54, 1.807) is 32.8 Å². The Morgan fingerprint density at radius 3 is 2.03 bits per heavy atom. The first kappa shape index (κ1) is 29.5. The van der Waals surface area contributed by atoms with Crippen LogP contribution in [0.5, 0.6) is 0 Å². The highest BCUT2D eigenvalue weighted by Gasteiger charge is 2.61. The highest BCUT2D eigenvalue weighted by atomic mass is 31.2. The minimum absolute atomic E-state index is 0.132. The number of benzene rings is 2. The number of hydrogen-bond acceptors (Lipinski definition) is 7. The van der Waals surface area contributed by atoms with Crippen LogP contribution in [-0.2, 0) is 34.6 Å². The van der Waals surface area contributed by atoms with E-state index in [0.717, 1.165) is 30.4 Å². The summed E-state index contributed by atoms with van der Waals surface area (Å²) in [4.78, 5) is 20.4. The van der Waals surface area contributed by atoms with Gasteiger partial charge in [-0.15, -0.1) is 0 Å². The molecule has 1 fully saturated rings. The molecule has 1 saturated carbocycles. The zero-order valence-electron chi connectivity index (χ0n) is 22.9. The molecular weight excluding hydrogens is 489 g/mol. The molecule has 204 valence electrons. The number of carbonyl (C=O) groups is 1. The Bertz CT molecular complexity index is 1010. The molecule has 0 amide bonds. The van der Waals surface area contributed by atoms with Gasteiger partial charge in [-0.25, -0.2) is 4.79 Å². The zero-order chi connectivity index (χ0) is 26.9. The Morgan fingerprint density at radius 2 is 1.49 bits per heavy atom. The summed E-state index contributed by atoms with van der Waals surface area (Å²) in [5.74, 6) is -0.471. The minimum Gasteiger partial charge on any atom is -0.459 e. The predicted molar refractivity (Wildman–Crippen MR) is 145 cm³/mol. The number of carbonyl (C=O) groups excluding carboxylic acids is 1. The molecule has 0 N–H and O–H groups in total. The fraction of sp³-hybridized carbons (Fsp3) is 0.552. The number of esters is 1. The van der Waals surface area contributed by atoms with Gasteiger partial charge in [-0.05, 0) is 58.6 Å². The van der Waals surface area contributed by atoms with E-state index in [1.165, 1.54) is 0 Å². The van der Waals surface area contributed by atoms with Crippen molar-refractivity contribution in [3.63, 3.8) is 0 Å². The molecule has 2 aromatic carbocycles. The summed E-state index contributed by atoms with van der Waals surface area (Å²) in [7, 11) is -3.75. The summed E-state index contributed by atoms with van der Waals surface area (Å²) in [6.07, 6.45) is 3.25. The summed E-state index contributed by atoms with van der Waals surface area (Å²) in [6.45, 7) is 9.63. The maximum absolute atomic E-state index is 14.6. The fourth-order valence-corrected chi connectivity index (χ4v) is 7.62. The SMILES string of the molecule is CCOP(=O)(OCC)C1(N(OC(C)c2ccccc2)C(C)(C)C(=O)OCc2ccccc2)CCCCC1. The van der Waals surface area contributed by atoms with E-state index in [9.17, 15) is 9.36 Å². The minimum atomic E-state index is -3.75. The van der Waals surface area contributed by atoms with Crippen LogP contribution in [0.1, 0.15) is 84.0 Å². The van der Waals surface area contributed by atoms with Crippen LogP contribution in [0.25, 0.3) is 0 Å². The molecule has 1 atom stereocenters. The summed E-state index contributed by atoms with van der Waals surface area (Å²) in [5.41, 5.74) is 0.534. The van der Waals surface area contributed by atoms with E-state index < -0.39 is 30.5 Å². The van der Waals surface area contributed by atoms with Gasteiger partial charge in [-0.1, -0.05) is 79.9 Å². The summed E-state index contributed by atoms with van der Waals surface area (Å²) >= 11 is 0. The Hall–Kier alpha value is -2.02. The number of hydrogen-bond donors (Lipinski definition) is 0. The van der Waals surface area contributed by atoms with Crippen molar-refractivity contribution in [2.75, 3.05) is 13.2 Å². The Balaban J connectivity index is 2.05. The van der Waals surface area contributed by atoms with Gasteiger partial charge in [-0.2, -0.15) is 5.06 Å². The van der Waals surface area contributed by atoms with Gasteiger partial charge >= 0.3 is 13.6 Å². The third kappa shape index (κ3) is 6.71. The zero-order valence-corrected chi connectivity index (χ0v) is 23.7. The summed E-state index contributed by atoms with van der Waals surface area (Å²) in [5, 5.41) is 0.478. The lowest BCUT2D eigenvalue weighted by atomic mass is 9.91. The van der Waals surface area contributed by atoms with Crippen molar-refractivity contribution in [2.24, 2.45) is 0 Å². The Labute approximate surface area is 221 Å². The molecule has 8 heteroatoms. The largest absolute Gasteiger partial charge is 0.459 e. The number of ether oxygens (including phenoxy) is 1. The smallest absolute Gasteiger partial charge is 0.353 e. The van der Waals surface area contributed by atoms with Gasteiger partial charge < -0.3 is 13.8 Å². The van der Waals surface area contributed by atoms with E-state index >= 15 is 0 Å². The third-order valence-corrected chi connectivity index (χ3v) is 9.74. The maximum atomic E-state index is 14.6. The van der Waals surface area contributed by atoms with Crippen molar-refractivity contribution >= 4 is 13.6 Å². The van der Waals surface area contributed by atoms with Crippen molar-refractivity contribution in [3.05, 3.63) is 71.8 Å². The predicted octanol–water partition coefficient (Wildman–Crippen LogP) is 7.43. The second kappa shape index (κ2) is 13.2. The van der Waals surface area contributed by atoms with E-state index in [1.807, 2.05) is 67.6 Å². The van der Waals surface area contributed by atoms with Crippen molar-refractivity contribution in [1.82, 2.24) is 5.06 Å². The fourth-order valence-electron chi connectivity index (χ4n) is 5.00. The second-order valence-electron chi connectivity index (χ2n) is 9.95. The van der Waals surface area contributed by atoms with Crippen LogP contribution in [0.2, 0.25) is 0 Å². The lowest BCUT2D eigenvalue weighted by Gasteiger charge is -2.52. The van der Waals surface area contributed by atoms with Crippen LogP contribution in [0.3, 0.4) is 0 Å². The van der Waals surface area contributed by atoms with Crippen LogP contribution >= 0.6 is 7.60 Å². The maximum Gasteiger partial charge on any atom is 0.353 e. The molecule has 1 aliphatic rings. The van der Waals surface area contributed by atoms with E-state index in [2.05, 4.69) is 0 Å². The van der Waals surface area contributed by atoms with Crippen molar-refractivity contribution in [3.8, 4) is 0 Å². The highest BCUT2D eigenvalue weighted by Crippen LogP contribution is 2.67. The standard InChI is InChI=1S/C29H42NO6P/c1-6-34-37(32,35-7-2)29(21-15-10-16-22-29)30(36-24(3)26-19-13-9-14-20-26)28(4,5)27(31)33-23-25-17-11-8-12-18-25/h8-9,11-14,17-20,24H,6-7,10,15-16,21-23H2,1-5H3. The van der Waals surface area contributed by atoms with Gasteiger partial charge in [0, 0.05) is 0 Å². The van der Waals surface area contributed by atoms with Crippen LogP contribution in [-0.4, -0.2) is 35.1 Å². The molecule has 0 saturated heterocycles. The molecule has 0 spiro atoms. The molecule has 0 radical (unpaired) electrons. The second-order valence-corrected chi connectivity index (χ2v) is 12.3. The average Bonchev–Trinajstić information content (AvgIpc) is 2.91. The number of nitrogens with zero attached hydrogens (tertiary/aromatic N) is 1. The monoisotopic (exact) mass is 531 g/mol. The first-order valence-corrected chi connectivity index (χ1v) is 14.9. The lowest BCUT2D eigenvalue weighted by Crippen LogP contribution is -2.62. The van der Waals surface area contributed by atoms with Crippen molar-refractivity contribution in [2.45, 2.75) is 90.3 Å². The van der Waals surface area contributed by atoms with Gasteiger partial charge in [0.2, 0.25) is 0 Å². The van der Waals surface area contributed by atoms with Crippen LogP contribution < -0.4 is 0 Å². The average molecular weight is 532 g/mol. The molecule has 0 heterocycles. The Morgan fingerprint density at radius 1 is 0.946 bits per heavy atom. The molecule has 3 rings (SSSR count). The molecule has 37 heavy (non-hydrogen) atoms. The van der Waals surface area contributed by atoms with Crippen LogP contribution in [0.15, 0.2) is 60.7 Å². The van der Waals surface area contributed by atoms with Crippen LogP contribution in [0.4, 0.5) is 0 Å². The molecule has 0 aromatic heterocycles. The van der Waals surface area contributed by atoms with Crippen molar-refractivity contribution in [1.29, 1.82) is 0 Å². The molecule has 0 bridgehead atoms. The molecule has 1 unspecified atom stereocenters. The molecule has 2 aromatic rings. The van der Waals surface area contributed by atoms with E-state index in [0.29, 0.717) is 12.8 Å². The molecule has 1 aliphatic carbocycles. The first-order chi connectivity index (χ1) is 17.7. The van der Waals surface area contributed by atoms with Gasteiger partial charge in [0.25, 0.3) is 0 Å². The lowest BCUT2D eigenvalue weighted by molar-refractivity contribution is -0.286. The quantitative estimate of drug-likeness (QED) is 0.151. The first-order valence-electron chi connectivity index (χ1n) is 13.3. The molecule has 0 aliphatic heterocycles. The highest BCUT2D eigenvalue weighted by molar-refractivity contribution is 7.55. The van der Waals surface area contributed by atoms with Gasteiger partial charge in [0.15, 0.2) is 0 Å². The summed E-state index contributed by atoms with van der Waals surface area (Å²) < 4.78 is 32.3. The van der Waals surface area contributed by atoms with Crippen molar-refractivity contribution < 1.29 is 28.0 Å². The van der Waals surface area contributed by atoms with Gasteiger partial charge in [-0.3, -0.25) is 9.40 Å². The van der Waals surface area contributed by atoms with E-state index in [4.69, 9.17) is 18.6 Å². The van der Waals surface area contributed by atoms with E-state index in [-0.39, 0.29) is 19.8 Å². The molecule has 7 nitrogen and oxygen atoms in total. The topological polar surface area (TPSA) is 74.3 Å². The molecular formula is C29H42NO6P. The van der Waals surface area contributed by atoms with Crippen LogP contribution in [0, 0.1) is 0 Å².